The molecule has 130 valence electrons. The van der Waals surface area contributed by atoms with Gasteiger partial charge in [0.15, 0.2) is 5.69 Å². The third kappa shape index (κ3) is 3.85. The summed E-state index contributed by atoms with van der Waals surface area (Å²) in [7, 11) is 0. The average molecular weight is 354 g/mol. The van der Waals surface area contributed by atoms with Crippen LogP contribution in [0, 0.1) is 0 Å². The fourth-order valence-corrected chi connectivity index (χ4v) is 2.49. The van der Waals surface area contributed by atoms with Crippen molar-refractivity contribution < 1.29 is 9.53 Å². The van der Waals surface area contributed by atoms with E-state index in [1.165, 1.54) is 0 Å². The fourth-order valence-electron chi connectivity index (χ4n) is 2.49. The van der Waals surface area contributed by atoms with E-state index < -0.39 is 5.97 Å². The minimum absolute atomic E-state index is 0.101. The normalized spacial score (nSPS) is 10.4. The van der Waals surface area contributed by atoms with Gasteiger partial charge in [-0.05, 0) is 18.2 Å². The summed E-state index contributed by atoms with van der Waals surface area (Å²) < 4.78 is 5.22. The number of carbonyl (C=O) groups excluding carboxylic acids is 1. The highest BCUT2D eigenvalue weighted by Crippen LogP contribution is 2.18. The Kier molecular flexibility index (Phi) is 4.61. The van der Waals surface area contributed by atoms with E-state index in [2.05, 4.69) is 20.4 Å². The van der Waals surface area contributed by atoms with Crippen molar-refractivity contribution in [1.82, 2.24) is 20.4 Å². The first kappa shape index (κ1) is 16.5. The molecule has 4 rings (SSSR count). The number of carbonyl (C=O) groups is 1. The third-order valence-electron chi connectivity index (χ3n) is 3.85. The first-order valence-electron chi connectivity index (χ1n) is 8.30. The highest BCUT2D eigenvalue weighted by Gasteiger charge is 2.13. The van der Waals surface area contributed by atoms with Crippen LogP contribution in [0.5, 0.6) is 5.88 Å². The van der Waals surface area contributed by atoms with Crippen LogP contribution in [0.3, 0.4) is 0 Å². The lowest BCUT2D eigenvalue weighted by atomic mass is 10.1. The van der Waals surface area contributed by atoms with Crippen molar-refractivity contribution in [2.24, 2.45) is 0 Å². The Balaban J connectivity index is 1.46. The zero-order valence-corrected chi connectivity index (χ0v) is 14.2. The number of ether oxygens (including phenoxy) is 1. The van der Waals surface area contributed by atoms with E-state index in [0.717, 1.165) is 11.1 Å². The Bertz CT molecular complexity index is 1040. The molecule has 0 amide bonds. The molecule has 6 nitrogen and oxygen atoms in total. The topological polar surface area (TPSA) is 77.9 Å². The minimum Gasteiger partial charge on any atom is -0.401 e. The van der Waals surface area contributed by atoms with Gasteiger partial charge in [0.05, 0.1) is 11.4 Å². The second kappa shape index (κ2) is 7.53. The lowest BCUT2D eigenvalue weighted by Gasteiger charge is -2.04. The Labute approximate surface area is 155 Å². The zero-order chi connectivity index (χ0) is 18.5. The second-order valence-corrected chi connectivity index (χ2v) is 5.68. The molecule has 0 radical (unpaired) electrons. The lowest BCUT2D eigenvalue weighted by molar-refractivity contribution is 0.0718. The van der Waals surface area contributed by atoms with Crippen LogP contribution in [-0.2, 0) is 0 Å². The molecule has 6 heteroatoms. The van der Waals surface area contributed by atoms with Gasteiger partial charge in [-0.2, -0.15) is 0 Å². The van der Waals surface area contributed by atoms with Gasteiger partial charge in [-0.3, -0.25) is 0 Å². The van der Waals surface area contributed by atoms with Crippen molar-refractivity contribution in [2.75, 3.05) is 0 Å². The lowest BCUT2D eigenvalue weighted by Crippen LogP contribution is -2.12. The summed E-state index contributed by atoms with van der Waals surface area (Å²) in [5.74, 6) is -0.530. The van der Waals surface area contributed by atoms with Crippen molar-refractivity contribution >= 4 is 5.97 Å². The molecule has 0 aliphatic carbocycles. The summed E-state index contributed by atoms with van der Waals surface area (Å²) in [5, 5.41) is 16.1. The van der Waals surface area contributed by atoms with Crippen LogP contribution in [0.4, 0.5) is 0 Å². The van der Waals surface area contributed by atoms with E-state index in [1.54, 1.807) is 24.3 Å². The van der Waals surface area contributed by atoms with Gasteiger partial charge in [0.25, 0.3) is 0 Å². The number of benzene rings is 2. The summed E-state index contributed by atoms with van der Waals surface area (Å²) >= 11 is 0. The predicted molar refractivity (Wildman–Crippen MR) is 99.9 cm³/mol. The number of hydrogen-bond acceptors (Lipinski definition) is 6. The second-order valence-electron chi connectivity index (χ2n) is 5.68. The summed E-state index contributed by atoms with van der Waals surface area (Å²) in [5.41, 5.74) is 3.34. The van der Waals surface area contributed by atoms with Gasteiger partial charge in [-0.25, -0.2) is 4.79 Å². The molecule has 0 atom stereocenters. The van der Waals surface area contributed by atoms with E-state index in [9.17, 15) is 4.79 Å². The fraction of sp³-hybridized carbons (Fsp3) is 0. The quantitative estimate of drug-likeness (QED) is 0.519. The van der Waals surface area contributed by atoms with Gasteiger partial charge in [0, 0.05) is 17.2 Å². The molecular weight excluding hydrogens is 340 g/mol. The first-order valence-corrected chi connectivity index (χ1v) is 8.30. The van der Waals surface area contributed by atoms with E-state index >= 15 is 0 Å². The van der Waals surface area contributed by atoms with Crippen molar-refractivity contribution in [1.29, 1.82) is 0 Å². The molecule has 0 unspecified atom stereocenters. The van der Waals surface area contributed by atoms with Crippen molar-refractivity contribution in [3.05, 3.63) is 90.6 Å². The Morgan fingerprint density at radius 3 is 1.63 bits per heavy atom. The third-order valence-corrected chi connectivity index (χ3v) is 3.85. The number of hydrogen-bond donors (Lipinski definition) is 0. The molecule has 0 spiro atoms. The minimum atomic E-state index is -0.635. The van der Waals surface area contributed by atoms with Gasteiger partial charge < -0.3 is 4.74 Å². The van der Waals surface area contributed by atoms with Crippen LogP contribution >= 0.6 is 0 Å². The molecule has 0 aliphatic rings. The Morgan fingerprint density at radius 1 is 0.593 bits per heavy atom. The highest BCUT2D eigenvalue weighted by atomic mass is 16.5. The maximum absolute atomic E-state index is 12.2. The van der Waals surface area contributed by atoms with Crippen molar-refractivity contribution in [2.45, 2.75) is 0 Å². The van der Waals surface area contributed by atoms with E-state index in [0.29, 0.717) is 11.4 Å². The number of nitrogens with zero attached hydrogens (tertiary/aromatic N) is 4. The van der Waals surface area contributed by atoms with E-state index in [-0.39, 0.29) is 11.6 Å². The van der Waals surface area contributed by atoms with E-state index in [4.69, 9.17) is 4.74 Å². The van der Waals surface area contributed by atoms with Gasteiger partial charge in [-0.15, -0.1) is 20.4 Å². The maximum atomic E-state index is 12.2. The molecule has 0 N–H and O–H groups in total. The van der Waals surface area contributed by atoms with Crippen LogP contribution in [-0.4, -0.2) is 26.4 Å². The Morgan fingerprint density at radius 2 is 1.15 bits per heavy atom. The molecular formula is C21H14N4O2. The molecule has 0 saturated carbocycles. The molecule has 27 heavy (non-hydrogen) atoms. The smallest absolute Gasteiger partial charge is 0.365 e. The summed E-state index contributed by atoms with van der Waals surface area (Å²) in [6.07, 6.45) is 0. The molecule has 2 aromatic heterocycles. The van der Waals surface area contributed by atoms with Gasteiger partial charge in [0.1, 0.15) is 0 Å². The van der Waals surface area contributed by atoms with Crippen LogP contribution < -0.4 is 4.74 Å². The van der Waals surface area contributed by atoms with Crippen LogP contribution in [0.15, 0.2) is 84.9 Å². The van der Waals surface area contributed by atoms with Crippen molar-refractivity contribution in [3.8, 4) is 28.4 Å². The Hall–Kier alpha value is -3.93. The first-order chi connectivity index (χ1) is 13.3. The van der Waals surface area contributed by atoms with Crippen LogP contribution in [0.1, 0.15) is 10.5 Å². The summed E-state index contributed by atoms with van der Waals surface area (Å²) in [4.78, 5) is 12.2. The standard InChI is InChI=1S/C21H14N4O2/c26-21(19-12-11-17(22-24-19)15-7-3-1-4-8-15)27-20-14-13-18(23-25-20)16-9-5-2-6-10-16/h1-14H. The summed E-state index contributed by atoms with van der Waals surface area (Å²) in [6.45, 7) is 0. The average Bonchev–Trinajstić information content (AvgIpc) is 2.76. The number of aromatic nitrogens is 4. The summed E-state index contributed by atoms with van der Waals surface area (Å²) in [6, 6.07) is 25.9. The number of rotatable bonds is 4. The largest absolute Gasteiger partial charge is 0.401 e. The zero-order valence-electron chi connectivity index (χ0n) is 14.2. The van der Waals surface area contributed by atoms with Gasteiger partial charge >= 0.3 is 5.97 Å². The monoisotopic (exact) mass is 354 g/mol. The SMILES string of the molecule is O=C(Oc1ccc(-c2ccccc2)nn1)c1ccc(-c2ccccc2)nn1. The molecule has 4 aromatic rings. The molecule has 0 bridgehead atoms. The highest BCUT2D eigenvalue weighted by molar-refractivity contribution is 5.88. The van der Waals surface area contributed by atoms with Crippen molar-refractivity contribution in [3.63, 3.8) is 0 Å². The van der Waals surface area contributed by atoms with Gasteiger partial charge in [-0.1, -0.05) is 60.7 Å². The molecule has 0 fully saturated rings. The van der Waals surface area contributed by atoms with Gasteiger partial charge in [0.2, 0.25) is 5.88 Å². The molecule has 2 aromatic carbocycles. The van der Waals surface area contributed by atoms with Crippen LogP contribution in [0.2, 0.25) is 0 Å². The molecule has 0 aliphatic heterocycles. The predicted octanol–water partition coefficient (Wildman–Crippen LogP) is 3.82. The molecule has 2 heterocycles. The maximum Gasteiger partial charge on any atom is 0.365 e. The number of esters is 1. The van der Waals surface area contributed by atoms with E-state index in [1.807, 2.05) is 60.7 Å². The molecule has 0 saturated heterocycles. The van der Waals surface area contributed by atoms with Crippen LogP contribution in [0.25, 0.3) is 22.5 Å².